The van der Waals surface area contributed by atoms with Gasteiger partial charge in [0.15, 0.2) is 23.8 Å². The van der Waals surface area contributed by atoms with E-state index in [1.165, 1.54) is 22.7 Å². The molecule has 0 saturated carbocycles. The van der Waals surface area contributed by atoms with E-state index in [-0.39, 0.29) is 17.7 Å². The van der Waals surface area contributed by atoms with Crippen molar-refractivity contribution in [1.82, 2.24) is 24.5 Å². The lowest BCUT2D eigenvalue weighted by atomic mass is 9.97. The normalized spacial score (nSPS) is 17.7. The molecule has 0 N–H and O–H groups in total. The van der Waals surface area contributed by atoms with Gasteiger partial charge in [-0.2, -0.15) is 5.10 Å². The van der Waals surface area contributed by atoms with Gasteiger partial charge in [-0.1, -0.05) is 22.9 Å². The van der Waals surface area contributed by atoms with E-state index in [0.717, 1.165) is 52.1 Å². The average molecular weight is 559 g/mol. The topological polar surface area (TPSA) is 102 Å². The maximum atomic E-state index is 13.5. The molecule has 1 fully saturated rings. The Labute approximate surface area is 225 Å². The molecule has 0 spiro atoms. The Morgan fingerprint density at radius 1 is 1.27 bits per heavy atom. The van der Waals surface area contributed by atoms with Crippen molar-refractivity contribution in [3.8, 4) is 5.75 Å². The lowest BCUT2D eigenvalue weighted by molar-refractivity contribution is -0.135. The maximum absolute atomic E-state index is 13.5. The van der Waals surface area contributed by atoms with E-state index in [1.807, 2.05) is 29.0 Å². The lowest BCUT2D eigenvalue weighted by Crippen LogP contribution is -2.43. The van der Waals surface area contributed by atoms with Gasteiger partial charge in [-0.15, -0.1) is 11.3 Å². The summed E-state index contributed by atoms with van der Waals surface area (Å²) in [7, 11) is 0. The molecule has 4 aromatic rings. The van der Waals surface area contributed by atoms with Crippen LogP contribution in [0.5, 0.6) is 5.75 Å². The lowest BCUT2D eigenvalue weighted by Gasteiger charge is -2.35. The second kappa shape index (κ2) is 10.0. The second-order valence-electron chi connectivity index (χ2n) is 8.75. The van der Waals surface area contributed by atoms with Crippen LogP contribution in [-0.4, -0.2) is 76.1 Å². The molecule has 4 aromatic heterocycles. The number of pyridine rings is 1. The summed E-state index contributed by atoms with van der Waals surface area (Å²) in [6, 6.07) is 4.97. The number of nitrogens with zero attached hydrogens (tertiary/aromatic N) is 6. The molecule has 1 amide bonds. The van der Waals surface area contributed by atoms with Crippen LogP contribution in [0.4, 0.5) is 5.82 Å². The number of fused-ring (bicyclic) bond motifs is 3. The molecule has 0 aliphatic carbocycles. The molecule has 2 aliphatic rings. The number of thiophene rings is 1. The number of imidazole rings is 1. The van der Waals surface area contributed by atoms with E-state index >= 15 is 0 Å². The van der Waals surface area contributed by atoms with E-state index in [2.05, 4.69) is 15.0 Å². The van der Waals surface area contributed by atoms with Gasteiger partial charge in [0, 0.05) is 26.1 Å². The number of hydrogen-bond acceptors (Lipinski definition) is 10. The first-order chi connectivity index (χ1) is 18.0. The Balaban J connectivity index is 1.25. The number of halogens is 1. The van der Waals surface area contributed by atoms with Gasteiger partial charge in [-0.05, 0) is 36.1 Å². The highest BCUT2D eigenvalue weighted by atomic mass is 35.5. The minimum Gasteiger partial charge on any atom is -0.481 e. The van der Waals surface area contributed by atoms with Gasteiger partial charge < -0.3 is 19.3 Å². The first-order valence-electron chi connectivity index (χ1n) is 11.8. The monoisotopic (exact) mass is 558 g/mol. The van der Waals surface area contributed by atoms with E-state index in [9.17, 15) is 9.59 Å². The van der Waals surface area contributed by atoms with E-state index in [1.54, 1.807) is 11.0 Å². The molecule has 0 bridgehead atoms. The molecule has 0 radical (unpaired) electrons. The fraction of sp³-hybridized carbons (Fsp3) is 0.375. The zero-order valence-corrected chi connectivity index (χ0v) is 22.3. The van der Waals surface area contributed by atoms with Gasteiger partial charge in [-0.3, -0.25) is 9.59 Å². The standard InChI is InChI=1S/C24H23ClN6O4S2/c1-14-28-31-22-17(26-24(31)37-14)4-5-30(21(22)15-10-16(11-32)36-13-15)20(33)12-35-18-2-3-19(27-23(18)25)29-6-8-34-9-7-29/h2-3,10-11,13,21H,4-9,12H2,1H3. The molecule has 2 aliphatic heterocycles. The number of aldehydes is 1. The summed E-state index contributed by atoms with van der Waals surface area (Å²) in [5.41, 5.74) is 2.62. The minimum atomic E-state index is -0.432. The van der Waals surface area contributed by atoms with E-state index < -0.39 is 6.04 Å². The Morgan fingerprint density at radius 3 is 2.86 bits per heavy atom. The van der Waals surface area contributed by atoms with E-state index in [4.69, 9.17) is 26.1 Å². The van der Waals surface area contributed by atoms with Gasteiger partial charge in [-0.25, -0.2) is 14.5 Å². The highest BCUT2D eigenvalue weighted by Gasteiger charge is 2.37. The van der Waals surface area contributed by atoms with Crippen LogP contribution in [0.1, 0.15) is 37.7 Å². The number of ether oxygens (including phenoxy) is 2. The number of aryl methyl sites for hydroxylation is 1. The van der Waals surface area contributed by atoms with E-state index in [0.29, 0.717) is 36.8 Å². The summed E-state index contributed by atoms with van der Waals surface area (Å²) in [5.74, 6) is 0.897. The molecular weight excluding hydrogens is 536 g/mol. The fourth-order valence-electron chi connectivity index (χ4n) is 4.75. The van der Waals surface area contributed by atoms with Crippen LogP contribution >= 0.6 is 34.3 Å². The third kappa shape index (κ3) is 4.58. The molecule has 6 rings (SSSR count). The summed E-state index contributed by atoms with van der Waals surface area (Å²) < 4.78 is 13.1. The summed E-state index contributed by atoms with van der Waals surface area (Å²) >= 11 is 9.27. The van der Waals surface area contributed by atoms with Gasteiger partial charge >= 0.3 is 0 Å². The number of hydrogen-bond donors (Lipinski definition) is 0. The summed E-state index contributed by atoms with van der Waals surface area (Å²) in [6.45, 7) is 4.98. The molecule has 37 heavy (non-hydrogen) atoms. The third-order valence-corrected chi connectivity index (χ3v) is 8.42. The highest BCUT2D eigenvalue weighted by Crippen LogP contribution is 2.38. The predicted molar refractivity (Wildman–Crippen MR) is 140 cm³/mol. The van der Waals surface area contributed by atoms with Crippen molar-refractivity contribution in [2.45, 2.75) is 19.4 Å². The van der Waals surface area contributed by atoms with Crippen molar-refractivity contribution in [1.29, 1.82) is 0 Å². The quantitative estimate of drug-likeness (QED) is 0.262. The van der Waals surface area contributed by atoms with Crippen molar-refractivity contribution in [3.05, 3.63) is 55.6 Å². The number of aromatic nitrogens is 4. The van der Waals surface area contributed by atoms with Crippen LogP contribution in [0.15, 0.2) is 23.6 Å². The number of carbonyl (C=O) groups excluding carboxylic acids is 2. The van der Waals surface area contributed by atoms with Crippen molar-refractivity contribution in [2.24, 2.45) is 0 Å². The summed E-state index contributed by atoms with van der Waals surface area (Å²) in [5, 5.41) is 7.64. The number of amides is 1. The highest BCUT2D eigenvalue weighted by molar-refractivity contribution is 7.16. The Bertz CT molecular complexity index is 1480. The molecule has 0 aromatic carbocycles. The smallest absolute Gasteiger partial charge is 0.261 e. The van der Waals surface area contributed by atoms with Crippen LogP contribution < -0.4 is 9.64 Å². The average Bonchev–Trinajstić information content (AvgIpc) is 3.62. The van der Waals surface area contributed by atoms with Gasteiger partial charge in [0.05, 0.1) is 29.5 Å². The molecule has 13 heteroatoms. The summed E-state index contributed by atoms with van der Waals surface area (Å²) in [6.07, 6.45) is 1.43. The van der Waals surface area contributed by atoms with Gasteiger partial charge in [0.25, 0.3) is 5.91 Å². The Kier molecular flexibility index (Phi) is 6.57. The first kappa shape index (κ1) is 24.3. The summed E-state index contributed by atoms with van der Waals surface area (Å²) in [4.78, 5) is 39.4. The molecule has 10 nitrogen and oxygen atoms in total. The zero-order chi connectivity index (χ0) is 25.5. The number of morpholine rings is 1. The molecular formula is C24H23ClN6O4S2. The number of anilines is 1. The van der Waals surface area contributed by atoms with Crippen molar-refractivity contribution in [2.75, 3.05) is 44.4 Å². The SMILES string of the molecule is Cc1nn2c3c(nc2s1)CCN(C(=O)COc1ccc(N2CCOCC2)nc1Cl)C3c1csc(C=O)c1. The van der Waals surface area contributed by atoms with Crippen LogP contribution in [0.2, 0.25) is 5.15 Å². The van der Waals surface area contributed by atoms with Crippen molar-refractivity contribution >= 4 is 57.2 Å². The largest absolute Gasteiger partial charge is 0.481 e. The van der Waals surface area contributed by atoms with Crippen molar-refractivity contribution in [3.63, 3.8) is 0 Å². The fourth-order valence-corrected chi connectivity index (χ4v) is 6.45. The second-order valence-corrected chi connectivity index (χ2v) is 11.2. The van der Waals surface area contributed by atoms with Crippen molar-refractivity contribution < 1.29 is 19.1 Å². The molecule has 1 saturated heterocycles. The Hall–Kier alpha value is -3.06. The van der Waals surface area contributed by atoms with Crippen LogP contribution in [0, 0.1) is 6.92 Å². The molecule has 1 atom stereocenters. The first-order valence-corrected chi connectivity index (χ1v) is 13.9. The zero-order valence-electron chi connectivity index (χ0n) is 19.9. The predicted octanol–water partition coefficient (Wildman–Crippen LogP) is 3.41. The third-order valence-electron chi connectivity index (χ3n) is 6.45. The minimum absolute atomic E-state index is 0.202. The van der Waals surface area contributed by atoms with Crippen LogP contribution in [0.25, 0.3) is 4.96 Å². The number of rotatable bonds is 6. The van der Waals surface area contributed by atoms with Crippen LogP contribution in [-0.2, 0) is 16.0 Å². The molecule has 192 valence electrons. The maximum Gasteiger partial charge on any atom is 0.261 e. The van der Waals surface area contributed by atoms with Gasteiger partial charge in [0.1, 0.15) is 16.9 Å². The van der Waals surface area contributed by atoms with Crippen LogP contribution in [0.3, 0.4) is 0 Å². The number of carbonyl (C=O) groups is 2. The molecule has 1 unspecified atom stereocenters. The Morgan fingerprint density at radius 2 is 2.11 bits per heavy atom. The van der Waals surface area contributed by atoms with Gasteiger partial charge in [0.2, 0.25) is 4.96 Å². The molecule has 6 heterocycles.